The molecule has 1 aromatic rings. The van der Waals surface area contributed by atoms with Gasteiger partial charge in [-0.25, -0.2) is 0 Å². The SMILES string of the molecule is COc1cccc(C(=O)NCC(=O)O[C@H](C)C(=O)NC2CCCC2)c1. The number of hydrogen-bond donors (Lipinski definition) is 2. The van der Waals surface area contributed by atoms with Crippen LogP contribution >= 0.6 is 0 Å². The molecule has 0 aliphatic heterocycles. The number of hydrogen-bond acceptors (Lipinski definition) is 5. The quantitative estimate of drug-likeness (QED) is 0.727. The highest BCUT2D eigenvalue weighted by Crippen LogP contribution is 2.17. The smallest absolute Gasteiger partial charge is 0.326 e. The first kappa shape index (κ1) is 18.8. The van der Waals surface area contributed by atoms with Crippen molar-refractivity contribution in [3.05, 3.63) is 29.8 Å². The number of esters is 1. The normalized spacial score (nSPS) is 15.3. The van der Waals surface area contributed by atoms with E-state index >= 15 is 0 Å². The number of rotatable bonds is 7. The van der Waals surface area contributed by atoms with E-state index < -0.39 is 18.0 Å². The van der Waals surface area contributed by atoms with Gasteiger partial charge >= 0.3 is 5.97 Å². The van der Waals surface area contributed by atoms with Crippen LogP contribution in [0.1, 0.15) is 43.0 Å². The molecule has 0 radical (unpaired) electrons. The molecule has 7 nitrogen and oxygen atoms in total. The van der Waals surface area contributed by atoms with E-state index in [9.17, 15) is 14.4 Å². The summed E-state index contributed by atoms with van der Waals surface area (Å²) in [5.74, 6) is -0.837. The summed E-state index contributed by atoms with van der Waals surface area (Å²) in [6.45, 7) is 1.21. The van der Waals surface area contributed by atoms with E-state index in [0.717, 1.165) is 25.7 Å². The minimum absolute atomic E-state index is 0.168. The largest absolute Gasteiger partial charge is 0.497 e. The van der Waals surface area contributed by atoms with Crippen LogP contribution in [-0.4, -0.2) is 43.6 Å². The van der Waals surface area contributed by atoms with E-state index in [1.165, 1.54) is 14.0 Å². The Kier molecular flexibility index (Phi) is 6.80. The van der Waals surface area contributed by atoms with Crippen molar-refractivity contribution >= 4 is 17.8 Å². The maximum absolute atomic E-state index is 12.0. The first-order valence-electron chi connectivity index (χ1n) is 8.41. The van der Waals surface area contributed by atoms with Crippen LogP contribution in [0.3, 0.4) is 0 Å². The highest BCUT2D eigenvalue weighted by Gasteiger charge is 2.23. The molecule has 2 rings (SSSR count). The van der Waals surface area contributed by atoms with E-state index in [2.05, 4.69) is 10.6 Å². The first-order chi connectivity index (χ1) is 12.0. The summed E-state index contributed by atoms with van der Waals surface area (Å²) in [5, 5.41) is 5.34. The van der Waals surface area contributed by atoms with Crippen molar-refractivity contribution < 1.29 is 23.9 Å². The summed E-state index contributed by atoms with van der Waals surface area (Å²) in [5.41, 5.74) is 0.374. The van der Waals surface area contributed by atoms with E-state index in [0.29, 0.717) is 11.3 Å². The Morgan fingerprint density at radius 2 is 1.96 bits per heavy atom. The topological polar surface area (TPSA) is 93.7 Å². The Morgan fingerprint density at radius 3 is 2.64 bits per heavy atom. The first-order valence-corrected chi connectivity index (χ1v) is 8.41. The second-order valence-corrected chi connectivity index (χ2v) is 6.04. The van der Waals surface area contributed by atoms with Gasteiger partial charge < -0.3 is 20.1 Å². The molecule has 1 aromatic carbocycles. The predicted molar refractivity (Wildman–Crippen MR) is 91.3 cm³/mol. The Balaban J connectivity index is 1.75. The summed E-state index contributed by atoms with van der Waals surface area (Å²) < 4.78 is 10.1. The average Bonchev–Trinajstić information content (AvgIpc) is 3.12. The molecule has 7 heteroatoms. The molecular weight excluding hydrogens is 324 g/mol. The molecule has 1 atom stereocenters. The van der Waals surface area contributed by atoms with E-state index in [4.69, 9.17) is 9.47 Å². The van der Waals surface area contributed by atoms with E-state index in [1.807, 2.05) is 0 Å². The van der Waals surface area contributed by atoms with E-state index in [1.54, 1.807) is 24.3 Å². The van der Waals surface area contributed by atoms with Crippen LogP contribution in [-0.2, 0) is 14.3 Å². The van der Waals surface area contributed by atoms with Crippen molar-refractivity contribution in [3.8, 4) is 5.75 Å². The van der Waals surface area contributed by atoms with Crippen molar-refractivity contribution in [3.63, 3.8) is 0 Å². The summed E-state index contributed by atoms with van der Waals surface area (Å²) in [7, 11) is 1.51. The standard InChI is InChI=1S/C18H24N2O5/c1-12(17(22)20-14-7-3-4-8-14)25-16(21)11-19-18(23)13-6-5-9-15(10-13)24-2/h5-6,9-10,12,14H,3-4,7-8,11H2,1-2H3,(H,19,23)(H,20,22)/t12-/m1/s1. The van der Waals surface area contributed by atoms with Gasteiger partial charge in [0.1, 0.15) is 12.3 Å². The predicted octanol–water partition coefficient (Wildman–Crippen LogP) is 1.42. The minimum Gasteiger partial charge on any atom is -0.497 e. The number of amides is 2. The maximum atomic E-state index is 12.0. The van der Waals surface area contributed by atoms with Crippen LogP contribution < -0.4 is 15.4 Å². The zero-order valence-corrected chi connectivity index (χ0v) is 14.5. The second kappa shape index (κ2) is 9.05. The second-order valence-electron chi connectivity index (χ2n) is 6.04. The molecule has 2 N–H and O–H groups in total. The Morgan fingerprint density at radius 1 is 1.24 bits per heavy atom. The summed E-state index contributed by atoms with van der Waals surface area (Å²) in [6.07, 6.45) is 3.25. The van der Waals surface area contributed by atoms with Crippen molar-refractivity contribution in [2.45, 2.75) is 44.8 Å². The highest BCUT2D eigenvalue weighted by atomic mass is 16.5. The molecule has 0 spiro atoms. The highest BCUT2D eigenvalue weighted by molar-refractivity contribution is 5.96. The lowest BCUT2D eigenvalue weighted by Gasteiger charge is -2.17. The lowest BCUT2D eigenvalue weighted by atomic mass is 10.2. The molecule has 0 saturated heterocycles. The fourth-order valence-corrected chi connectivity index (χ4v) is 2.70. The van der Waals surface area contributed by atoms with Crippen molar-refractivity contribution in [1.29, 1.82) is 0 Å². The number of carbonyl (C=O) groups is 3. The fraction of sp³-hybridized carbons (Fsp3) is 0.500. The van der Waals surface area contributed by atoms with Crippen molar-refractivity contribution in [1.82, 2.24) is 10.6 Å². The molecule has 25 heavy (non-hydrogen) atoms. The van der Waals surface area contributed by atoms with Gasteiger partial charge in [0, 0.05) is 11.6 Å². The Bertz CT molecular complexity index is 626. The number of methoxy groups -OCH3 is 1. The molecule has 0 bridgehead atoms. The fourth-order valence-electron chi connectivity index (χ4n) is 2.70. The monoisotopic (exact) mass is 348 g/mol. The van der Waals surface area contributed by atoms with Gasteiger partial charge in [0.15, 0.2) is 6.10 Å². The number of benzene rings is 1. The maximum Gasteiger partial charge on any atom is 0.326 e. The third kappa shape index (κ3) is 5.77. The molecule has 0 heterocycles. The number of nitrogens with one attached hydrogen (secondary N) is 2. The van der Waals surface area contributed by atoms with Crippen LogP contribution in [0.25, 0.3) is 0 Å². The molecule has 1 fully saturated rings. The zero-order chi connectivity index (χ0) is 18.2. The van der Waals surface area contributed by atoms with Crippen LogP contribution in [0.4, 0.5) is 0 Å². The van der Waals surface area contributed by atoms with Gasteiger partial charge in [-0.3, -0.25) is 14.4 Å². The van der Waals surface area contributed by atoms with Gasteiger partial charge in [-0.2, -0.15) is 0 Å². The van der Waals surface area contributed by atoms with E-state index in [-0.39, 0.29) is 18.5 Å². The van der Waals surface area contributed by atoms with Crippen molar-refractivity contribution in [2.24, 2.45) is 0 Å². The minimum atomic E-state index is -0.887. The molecular formula is C18H24N2O5. The molecule has 1 aliphatic carbocycles. The lowest BCUT2D eigenvalue weighted by Crippen LogP contribution is -2.42. The summed E-state index contributed by atoms with van der Waals surface area (Å²) in [4.78, 5) is 35.8. The third-order valence-corrected chi connectivity index (χ3v) is 4.10. The van der Waals surface area contributed by atoms with Gasteiger partial charge in [-0.15, -0.1) is 0 Å². The summed E-state index contributed by atoms with van der Waals surface area (Å²) >= 11 is 0. The molecule has 1 saturated carbocycles. The van der Waals surface area contributed by atoms with Crippen LogP contribution in [0.15, 0.2) is 24.3 Å². The molecule has 1 aliphatic rings. The number of ether oxygens (including phenoxy) is 2. The average molecular weight is 348 g/mol. The van der Waals surface area contributed by atoms with Crippen LogP contribution in [0, 0.1) is 0 Å². The third-order valence-electron chi connectivity index (χ3n) is 4.10. The Labute approximate surface area is 147 Å². The molecule has 0 aromatic heterocycles. The van der Waals surface area contributed by atoms with Crippen LogP contribution in [0.2, 0.25) is 0 Å². The summed E-state index contributed by atoms with van der Waals surface area (Å²) in [6, 6.07) is 6.75. The van der Waals surface area contributed by atoms with Gasteiger partial charge in [-0.1, -0.05) is 18.9 Å². The van der Waals surface area contributed by atoms with Gasteiger partial charge in [-0.05, 0) is 38.0 Å². The van der Waals surface area contributed by atoms with Crippen molar-refractivity contribution in [2.75, 3.05) is 13.7 Å². The molecule has 0 unspecified atom stereocenters. The molecule has 136 valence electrons. The molecule has 2 amide bonds. The van der Waals surface area contributed by atoms with Crippen LogP contribution in [0.5, 0.6) is 5.75 Å². The van der Waals surface area contributed by atoms with Gasteiger partial charge in [0.25, 0.3) is 11.8 Å². The zero-order valence-electron chi connectivity index (χ0n) is 14.5. The lowest BCUT2D eigenvalue weighted by molar-refractivity contribution is -0.154. The van der Waals surface area contributed by atoms with Gasteiger partial charge in [0.05, 0.1) is 7.11 Å². The number of carbonyl (C=O) groups excluding carboxylic acids is 3. The Hall–Kier alpha value is -2.57. The van der Waals surface area contributed by atoms with Gasteiger partial charge in [0.2, 0.25) is 0 Å².